The van der Waals surface area contributed by atoms with E-state index >= 15 is 0 Å². The Labute approximate surface area is 180 Å². The van der Waals surface area contributed by atoms with Gasteiger partial charge in [-0.15, -0.1) is 0 Å². The van der Waals surface area contributed by atoms with Crippen LogP contribution in [0, 0.1) is 0 Å². The van der Waals surface area contributed by atoms with E-state index in [1.165, 1.54) is 6.92 Å². The lowest BCUT2D eigenvalue weighted by Gasteiger charge is -2.28. The van der Waals surface area contributed by atoms with E-state index in [0.717, 1.165) is 35.4 Å². The SMILES string of the molecule is CC(=O)OCCCCOc1cccc(C2NC(=S)NC3=C2C(=O)c2ccccc23)c1. The predicted octanol–water partition coefficient (Wildman–Crippen LogP) is 3.54. The molecule has 1 aliphatic heterocycles. The fraction of sp³-hybridized carbons (Fsp3) is 0.261. The molecule has 0 amide bonds. The number of ether oxygens (including phenoxy) is 2. The molecule has 4 rings (SSSR count). The molecule has 0 radical (unpaired) electrons. The van der Waals surface area contributed by atoms with Crippen molar-refractivity contribution >= 4 is 34.8 Å². The Hall–Kier alpha value is -3.19. The minimum absolute atomic E-state index is 0.00453. The molecule has 154 valence electrons. The predicted molar refractivity (Wildman–Crippen MR) is 117 cm³/mol. The Morgan fingerprint density at radius 3 is 2.63 bits per heavy atom. The first-order chi connectivity index (χ1) is 14.5. The maximum absolute atomic E-state index is 13.1. The highest BCUT2D eigenvalue weighted by Gasteiger charge is 2.38. The van der Waals surface area contributed by atoms with Crippen molar-refractivity contribution < 1.29 is 19.1 Å². The maximum atomic E-state index is 13.1. The monoisotopic (exact) mass is 422 g/mol. The maximum Gasteiger partial charge on any atom is 0.302 e. The molecule has 1 aliphatic carbocycles. The number of carbonyl (C=O) groups is 2. The Kier molecular flexibility index (Phi) is 5.81. The van der Waals surface area contributed by atoms with Gasteiger partial charge in [0.2, 0.25) is 0 Å². The molecule has 1 heterocycles. The number of fused-ring (bicyclic) bond motifs is 2. The highest BCUT2D eigenvalue weighted by Crippen LogP contribution is 2.40. The zero-order chi connectivity index (χ0) is 21.1. The van der Waals surface area contributed by atoms with Gasteiger partial charge in [-0.1, -0.05) is 36.4 Å². The van der Waals surface area contributed by atoms with Crippen LogP contribution in [-0.2, 0) is 9.53 Å². The molecule has 1 unspecified atom stereocenters. The fourth-order valence-electron chi connectivity index (χ4n) is 3.71. The lowest BCUT2D eigenvalue weighted by Crippen LogP contribution is -2.43. The van der Waals surface area contributed by atoms with E-state index in [4.69, 9.17) is 21.7 Å². The number of hydrogen-bond acceptors (Lipinski definition) is 5. The van der Waals surface area contributed by atoms with Crippen LogP contribution in [0.2, 0.25) is 0 Å². The number of carbonyl (C=O) groups excluding carboxylic acids is 2. The number of rotatable bonds is 7. The van der Waals surface area contributed by atoms with Crippen molar-refractivity contribution in [3.8, 4) is 5.75 Å². The molecule has 0 spiro atoms. The van der Waals surface area contributed by atoms with Crippen molar-refractivity contribution in [1.82, 2.24) is 10.6 Å². The van der Waals surface area contributed by atoms with Gasteiger partial charge >= 0.3 is 5.97 Å². The Morgan fingerprint density at radius 2 is 1.83 bits per heavy atom. The molecule has 0 saturated carbocycles. The number of esters is 1. The Balaban J connectivity index is 1.50. The lowest BCUT2D eigenvalue weighted by atomic mass is 9.94. The van der Waals surface area contributed by atoms with Gasteiger partial charge in [0.25, 0.3) is 0 Å². The molecule has 2 aliphatic rings. The van der Waals surface area contributed by atoms with Crippen molar-refractivity contribution in [2.24, 2.45) is 0 Å². The fourth-order valence-corrected chi connectivity index (χ4v) is 3.93. The van der Waals surface area contributed by atoms with Gasteiger partial charge in [-0.05, 0) is 42.8 Å². The molecule has 0 aromatic heterocycles. The quantitative estimate of drug-likeness (QED) is 0.402. The van der Waals surface area contributed by atoms with Crippen LogP contribution in [0.5, 0.6) is 5.75 Å². The van der Waals surface area contributed by atoms with Gasteiger partial charge < -0.3 is 20.1 Å². The average molecular weight is 423 g/mol. The van der Waals surface area contributed by atoms with Crippen LogP contribution in [0.3, 0.4) is 0 Å². The third-order valence-electron chi connectivity index (χ3n) is 5.06. The van der Waals surface area contributed by atoms with Crippen LogP contribution in [0.1, 0.15) is 47.3 Å². The summed E-state index contributed by atoms with van der Waals surface area (Å²) in [7, 11) is 0. The van der Waals surface area contributed by atoms with Crippen LogP contribution in [-0.4, -0.2) is 30.1 Å². The first-order valence-electron chi connectivity index (χ1n) is 9.86. The van der Waals surface area contributed by atoms with Gasteiger partial charge in [0, 0.05) is 18.1 Å². The van der Waals surface area contributed by atoms with Crippen LogP contribution < -0.4 is 15.4 Å². The summed E-state index contributed by atoms with van der Waals surface area (Å²) in [6.45, 7) is 2.31. The van der Waals surface area contributed by atoms with E-state index in [9.17, 15) is 9.59 Å². The molecule has 30 heavy (non-hydrogen) atoms. The van der Waals surface area contributed by atoms with Crippen LogP contribution in [0.15, 0.2) is 54.1 Å². The lowest BCUT2D eigenvalue weighted by molar-refractivity contribution is -0.141. The Bertz CT molecular complexity index is 1050. The van der Waals surface area contributed by atoms with Crippen molar-refractivity contribution in [1.29, 1.82) is 0 Å². The first kappa shape index (κ1) is 20.1. The number of thiocarbonyl (C=S) groups is 1. The number of Topliss-reactive ketones (excluding diaryl/α,β-unsaturated/α-hetero) is 1. The van der Waals surface area contributed by atoms with Gasteiger partial charge in [-0.3, -0.25) is 9.59 Å². The summed E-state index contributed by atoms with van der Waals surface area (Å²) in [6, 6.07) is 14.9. The van der Waals surface area contributed by atoms with Gasteiger partial charge in [0.05, 0.1) is 30.5 Å². The highest BCUT2D eigenvalue weighted by molar-refractivity contribution is 7.80. The summed E-state index contributed by atoms with van der Waals surface area (Å²) < 4.78 is 10.8. The van der Waals surface area contributed by atoms with Crippen molar-refractivity contribution in [2.75, 3.05) is 13.2 Å². The average Bonchev–Trinajstić information content (AvgIpc) is 3.02. The van der Waals surface area contributed by atoms with E-state index in [1.807, 2.05) is 48.5 Å². The topological polar surface area (TPSA) is 76.7 Å². The van der Waals surface area contributed by atoms with Gasteiger partial charge in [-0.25, -0.2) is 0 Å². The van der Waals surface area contributed by atoms with E-state index in [-0.39, 0.29) is 17.8 Å². The first-order valence-corrected chi connectivity index (χ1v) is 10.3. The second-order valence-corrected chi connectivity index (χ2v) is 7.57. The van der Waals surface area contributed by atoms with Crippen molar-refractivity contribution in [3.05, 3.63) is 70.8 Å². The summed E-state index contributed by atoms with van der Waals surface area (Å²) in [5.74, 6) is 0.453. The van der Waals surface area contributed by atoms with Gasteiger partial charge in [0.15, 0.2) is 10.9 Å². The van der Waals surface area contributed by atoms with Crippen LogP contribution >= 0.6 is 12.2 Å². The van der Waals surface area contributed by atoms with Gasteiger partial charge in [0.1, 0.15) is 5.75 Å². The van der Waals surface area contributed by atoms with Crippen molar-refractivity contribution in [2.45, 2.75) is 25.8 Å². The summed E-state index contributed by atoms with van der Waals surface area (Å²) in [5.41, 5.74) is 3.92. The molecule has 0 fully saturated rings. The highest BCUT2D eigenvalue weighted by atomic mass is 32.1. The van der Waals surface area contributed by atoms with E-state index in [1.54, 1.807) is 0 Å². The third kappa shape index (κ3) is 4.07. The Morgan fingerprint density at radius 1 is 1.07 bits per heavy atom. The summed E-state index contributed by atoms with van der Waals surface area (Å²) in [5, 5.41) is 6.87. The number of nitrogens with one attached hydrogen (secondary N) is 2. The molecule has 6 nitrogen and oxygen atoms in total. The normalized spacial score (nSPS) is 17.0. The third-order valence-corrected chi connectivity index (χ3v) is 5.28. The van der Waals surface area contributed by atoms with Gasteiger partial charge in [-0.2, -0.15) is 0 Å². The number of benzene rings is 2. The van der Waals surface area contributed by atoms with Crippen LogP contribution in [0.25, 0.3) is 5.70 Å². The summed E-state index contributed by atoms with van der Waals surface area (Å²) in [4.78, 5) is 23.9. The molecule has 2 aromatic rings. The molecule has 0 bridgehead atoms. The van der Waals surface area contributed by atoms with E-state index < -0.39 is 0 Å². The molecule has 1 atom stereocenters. The zero-order valence-corrected chi connectivity index (χ0v) is 17.4. The smallest absolute Gasteiger partial charge is 0.302 e. The van der Waals surface area contributed by atoms with E-state index in [2.05, 4.69) is 10.6 Å². The molecular formula is C23H22N2O4S. The second-order valence-electron chi connectivity index (χ2n) is 7.16. The van der Waals surface area contributed by atoms with Crippen molar-refractivity contribution in [3.63, 3.8) is 0 Å². The minimum atomic E-state index is -0.346. The molecule has 2 aromatic carbocycles. The zero-order valence-electron chi connectivity index (χ0n) is 16.6. The number of ketones is 1. The molecule has 2 N–H and O–H groups in total. The number of unbranched alkanes of at least 4 members (excludes halogenated alkanes) is 1. The largest absolute Gasteiger partial charge is 0.494 e. The second kappa shape index (κ2) is 8.67. The standard InChI is InChI=1S/C23H22N2O4S/c1-14(26)28-11-4-5-12-29-16-8-6-7-15(13-16)20-19-21(25-23(30)24-20)17-9-2-3-10-18(17)22(19)27/h2-3,6-10,13,20H,4-5,11-12H2,1H3,(H2,24,25,30). The van der Waals surface area contributed by atoms with Crippen LogP contribution in [0.4, 0.5) is 0 Å². The summed E-state index contributed by atoms with van der Waals surface area (Å²) >= 11 is 5.40. The van der Waals surface area contributed by atoms with E-state index in [0.29, 0.717) is 29.5 Å². The molecular weight excluding hydrogens is 400 g/mol. The summed E-state index contributed by atoms with van der Waals surface area (Å²) in [6.07, 6.45) is 1.52. The number of hydrogen-bond donors (Lipinski definition) is 2. The molecule has 0 saturated heterocycles. The minimum Gasteiger partial charge on any atom is -0.494 e. The molecule has 7 heteroatoms.